The molecule has 0 bridgehead atoms. The Labute approximate surface area is 181 Å². The van der Waals surface area contributed by atoms with Crippen LogP contribution in [0.2, 0.25) is 0 Å². The lowest BCUT2D eigenvalue weighted by Gasteiger charge is -2.37. The number of rotatable bonds is 6. The number of amides is 2. The van der Waals surface area contributed by atoms with E-state index >= 15 is 0 Å². The SMILES string of the molecule is CCCCc1ccc(N2C(=O)C(c3cccs3)=C(N3CC(C)OC(C)C3)C2=O)cc1. The van der Waals surface area contributed by atoms with Crippen molar-refractivity contribution in [1.82, 2.24) is 4.90 Å². The first-order valence-corrected chi connectivity index (χ1v) is 11.5. The van der Waals surface area contributed by atoms with Gasteiger partial charge in [-0.2, -0.15) is 0 Å². The van der Waals surface area contributed by atoms with Crippen molar-refractivity contribution in [3.8, 4) is 0 Å². The molecule has 2 aromatic rings. The molecule has 0 saturated carbocycles. The van der Waals surface area contributed by atoms with Gasteiger partial charge in [-0.15, -0.1) is 11.3 Å². The normalized spacial score (nSPS) is 22.4. The van der Waals surface area contributed by atoms with E-state index in [1.807, 2.05) is 60.5 Å². The van der Waals surface area contributed by atoms with Crippen molar-refractivity contribution < 1.29 is 14.3 Å². The van der Waals surface area contributed by atoms with E-state index in [9.17, 15) is 9.59 Å². The molecule has 0 aliphatic carbocycles. The van der Waals surface area contributed by atoms with Crippen LogP contribution in [0.1, 0.15) is 44.1 Å². The number of morpholine rings is 1. The van der Waals surface area contributed by atoms with E-state index in [-0.39, 0.29) is 24.0 Å². The van der Waals surface area contributed by atoms with Gasteiger partial charge in [0.2, 0.25) is 0 Å². The fourth-order valence-electron chi connectivity index (χ4n) is 4.24. The number of carbonyl (C=O) groups is 2. The van der Waals surface area contributed by atoms with Gasteiger partial charge in [0.05, 0.1) is 23.5 Å². The molecule has 2 aliphatic rings. The fourth-order valence-corrected chi connectivity index (χ4v) is 5.00. The summed E-state index contributed by atoms with van der Waals surface area (Å²) >= 11 is 1.49. The van der Waals surface area contributed by atoms with Crippen LogP contribution in [0, 0.1) is 0 Å². The number of aryl methyl sites for hydroxylation is 1. The zero-order valence-electron chi connectivity index (χ0n) is 17.8. The standard InChI is InChI=1S/C24H28N2O3S/c1-4-5-7-18-9-11-19(12-10-18)26-23(27)21(20-8-6-13-30-20)22(24(26)28)25-14-16(2)29-17(3)15-25/h6,8-13,16-17H,4-5,7,14-15H2,1-3H3. The fraction of sp³-hybridized carbons (Fsp3) is 0.417. The topological polar surface area (TPSA) is 49.9 Å². The summed E-state index contributed by atoms with van der Waals surface area (Å²) in [4.78, 5) is 31.2. The van der Waals surface area contributed by atoms with E-state index in [0.29, 0.717) is 30.0 Å². The number of hydrogen-bond acceptors (Lipinski definition) is 5. The number of ether oxygens (including phenoxy) is 1. The van der Waals surface area contributed by atoms with Crippen molar-refractivity contribution in [3.63, 3.8) is 0 Å². The first kappa shape index (κ1) is 20.8. The van der Waals surface area contributed by atoms with E-state index in [4.69, 9.17) is 4.74 Å². The van der Waals surface area contributed by atoms with Gasteiger partial charge >= 0.3 is 0 Å². The van der Waals surface area contributed by atoms with E-state index in [1.165, 1.54) is 21.8 Å². The minimum atomic E-state index is -0.245. The molecule has 0 radical (unpaired) electrons. The zero-order chi connectivity index (χ0) is 21.3. The minimum Gasteiger partial charge on any atom is -0.372 e. The number of carbonyl (C=O) groups excluding carboxylic acids is 2. The number of nitrogens with zero attached hydrogens (tertiary/aromatic N) is 2. The van der Waals surface area contributed by atoms with Crippen LogP contribution in [-0.2, 0) is 20.7 Å². The van der Waals surface area contributed by atoms with Gasteiger partial charge in [-0.25, -0.2) is 4.90 Å². The summed E-state index contributed by atoms with van der Waals surface area (Å²) < 4.78 is 5.85. The predicted octanol–water partition coefficient (Wildman–Crippen LogP) is 4.48. The third-order valence-corrected chi connectivity index (χ3v) is 6.46. The molecule has 6 heteroatoms. The summed E-state index contributed by atoms with van der Waals surface area (Å²) in [6.45, 7) is 7.36. The summed E-state index contributed by atoms with van der Waals surface area (Å²) in [5.74, 6) is -0.489. The van der Waals surface area contributed by atoms with Crippen LogP contribution in [0.25, 0.3) is 5.57 Å². The molecule has 4 rings (SSSR count). The van der Waals surface area contributed by atoms with Gasteiger partial charge in [-0.1, -0.05) is 31.5 Å². The number of anilines is 1. The summed E-state index contributed by atoms with van der Waals surface area (Å²) in [5.41, 5.74) is 2.86. The monoisotopic (exact) mass is 424 g/mol. The highest BCUT2D eigenvalue weighted by Crippen LogP contribution is 2.37. The molecule has 2 unspecified atom stereocenters. The lowest BCUT2D eigenvalue weighted by Crippen LogP contribution is -2.47. The summed E-state index contributed by atoms with van der Waals surface area (Å²) in [7, 11) is 0. The lowest BCUT2D eigenvalue weighted by molar-refractivity contribution is -0.121. The van der Waals surface area contributed by atoms with E-state index in [0.717, 1.165) is 24.1 Å². The van der Waals surface area contributed by atoms with Gasteiger partial charge in [0.15, 0.2) is 0 Å². The Kier molecular flexibility index (Phi) is 6.06. The van der Waals surface area contributed by atoms with Crippen LogP contribution < -0.4 is 4.90 Å². The maximum Gasteiger partial charge on any atom is 0.282 e. The van der Waals surface area contributed by atoms with Gasteiger partial charge in [0.1, 0.15) is 5.70 Å². The summed E-state index contributed by atoms with van der Waals surface area (Å²) in [6, 6.07) is 11.6. The molecule has 1 saturated heterocycles. The van der Waals surface area contributed by atoms with E-state index in [1.54, 1.807) is 0 Å². The van der Waals surface area contributed by atoms with Gasteiger partial charge in [0, 0.05) is 18.0 Å². The molecular weight excluding hydrogens is 396 g/mol. The molecule has 5 nitrogen and oxygen atoms in total. The van der Waals surface area contributed by atoms with E-state index < -0.39 is 0 Å². The molecule has 0 spiro atoms. The van der Waals surface area contributed by atoms with Gasteiger partial charge in [-0.3, -0.25) is 9.59 Å². The van der Waals surface area contributed by atoms with Crippen LogP contribution >= 0.6 is 11.3 Å². The van der Waals surface area contributed by atoms with Crippen molar-refractivity contribution in [3.05, 3.63) is 57.9 Å². The highest BCUT2D eigenvalue weighted by molar-refractivity contribution is 7.11. The van der Waals surface area contributed by atoms with Crippen molar-refractivity contribution >= 4 is 34.4 Å². The smallest absolute Gasteiger partial charge is 0.282 e. The molecule has 2 amide bonds. The van der Waals surface area contributed by atoms with Crippen LogP contribution in [0.15, 0.2) is 47.5 Å². The zero-order valence-corrected chi connectivity index (χ0v) is 18.6. The summed E-state index contributed by atoms with van der Waals surface area (Å²) in [6.07, 6.45) is 3.27. The van der Waals surface area contributed by atoms with Crippen LogP contribution in [0.5, 0.6) is 0 Å². The van der Waals surface area contributed by atoms with Crippen molar-refractivity contribution in [2.24, 2.45) is 0 Å². The molecule has 0 N–H and O–H groups in total. The lowest BCUT2D eigenvalue weighted by atomic mass is 10.1. The van der Waals surface area contributed by atoms with Gasteiger partial charge in [0.25, 0.3) is 11.8 Å². The number of unbranched alkanes of at least 4 members (excludes halogenated alkanes) is 1. The van der Waals surface area contributed by atoms with Gasteiger partial charge in [-0.05, 0) is 55.8 Å². The molecule has 158 valence electrons. The predicted molar refractivity (Wildman–Crippen MR) is 120 cm³/mol. The first-order chi connectivity index (χ1) is 14.5. The Morgan fingerprint density at radius 3 is 2.33 bits per heavy atom. The molecule has 3 heterocycles. The van der Waals surface area contributed by atoms with Crippen LogP contribution in [0.3, 0.4) is 0 Å². The average molecular weight is 425 g/mol. The minimum absolute atomic E-state index is 0.000590. The Balaban J connectivity index is 1.70. The second-order valence-electron chi connectivity index (χ2n) is 8.08. The number of imide groups is 1. The number of thiophene rings is 1. The van der Waals surface area contributed by atoms with Crippen LogP contribution in [-0.4, -0.2) is 42.0 Å². The second kappa shape index (κ2) is 8.74. The number of benzene rings is 1. The Hall–Kier alpha value is -2.44. The Morgan fingerprint density at radius 2 is 1.73 bits per heavy atom. The maximum atomic E-state index is 13.6. The Bertz CT molecular complexity index is 939. The third-order valence-electron chi connectivity index (χ3n) is 5.58. The van der Waals surface area contributed by atoms with Crippen molar-refractivity contribution in [2.45, 2.75) is 52.2 Å². The largest absolute Gasteiger partial charge is 0.372 e. The summed E-state index contributed by atoms with van der Waals surface area (Å²) in [5, 5.41) is 1.94. The first-order valence-electron chi connectivity index (χ1n) is 10.7. The third kappa shape index (κ3) is 3.94. The average Bonchev–Trinajstić information content (AvgIpc) is 3.32. The van der Waals surface area contributed by atoms with Crippen LogP contribution in [0.4, 0.5) is 5.69 Å². The molecule has 1 aromatic carbocycles. The second-order valence-corrected chi connectivity index (χ2v) is 9.03. The van der Waals surface area contributed by atoms with Gasteiger partial charge < -0.3 is 9.64 Å². The van der Waals surface area contributed by atoms with Crippen molar-refractivity contribution in [2.75, 3.05) is 18.0 Å². The number of hydrogen-bond donors (Lipinski definition) is 0. The molecule has 1 fully saturated rings. The quantitative estimate of drug-likeness (QED) is 0.642. The molecular formula is C24H28N2O3S. The van der Waals surface area contributed by atoms with Crippen molar-refractivity contribution in [1.29, 1.82) is 0 Å². The maximum absolute atomic E-state index is 13.6. The Morgan fingerprint density at radius 1 is 1.03 bits per heavy atom. The molecule has 30 heavy (non-hydrogen) atoms. The molecule has 2 aliphatic heterocycles. The molecule has 2 atom stereocenters. The highest BCUT2D eigenvalue weighted by Gasteiger charge is 2.44. The van der Waals surface area contributed by atoms with E-state index in [2.05, 4.69) is 6.92 Å². The highest BCUT2D eigenvalue weighted by atomic mass is 32.1. The molecule has 1 aromatic heterocycles.